The minimum atomic E-state index is -3.65. The van der Waals surface area contributed by atoms with Crippen molar-refractivity contribution in [1.82, 2.24) is 14.5 Å². The molecule has 0 spiro atoms. The third-order valence-electron chi connectivity index (χ3n) is 3.49. The molecule has 0 saturated carbocycles. The molecular formula is C14H14FN3O3S. The van der Waals surface area contributed by atoms with E-state index < -0.39 is 15.9 Å². The van der Waals surface area contributed by atoms with Gasteiger partial charge in [0.2, 0.25) is 10.0 Å². The fraction of sp³-hybridized carbons (Fsp3) is 0.286. The monoisotopic (exact) mass is 323 g/mol. The van der Waals surface area contributed by atoms with Gasteiger partial charge in [-0.25, -0.2) is 22.2 Å². The summed E-state index contributed by atoms with van der Waals surface area (Å²) in [5.41, 5.74) is 2.37. The Morgan fingerprint density at radius 1 is 1.27 bits per heavy atom. The van der Waals surface area contributed by atoms with Crippen molar-refractivity contribution in [3.05, 3.63) is 47.0 Å². The van der Waals surface area contributed by atoms with Crippen LogP contribution >= 0.6 is 0 Å². The smallest absolute Gasteiger partial charge is 0.266 e. The molecule has 6 nitrogen and oxygen atoms in total. The molecule has 1 amide bonds. The van der Waals surface area contributed by atoms with Gasteiger partial charge in [0.1, 0.15) is 5.82 Å². The summed E-state index contributed by atoms with van der Waals surface area (Å²) in [6.45, 7) is 0. The molecule has 1 aromatic carbocycles. The van der Waals surface area contributed by atoms with Crippen molar-refractivity contribution in [2.24, 2.45) is 0 Å². The lowest BCUT2D eigenvalue weighted by Crippen LogP contribution is -2.30. The largest absolute Gasteiger partial charge is 0.285 e. The van der Waals surface area contributed by atoms with Gasteiger partial charge in [-0.05, 0) is 43.5 Å². The van der Waals surface area contributed by atoms with Gasteiger partial charge < -0.3 is 0 Å². The molecule has 0 radical (unpaired) electrons. The molecule has 116 valence electrons. The summed E-state index contributed by atoms with van der Waals surface area (Å²) in [4.78, 5) is 12.1. The molecule has 0 aliphatic heterocycles. The van der Waals surface area contributed by atoms with Crippen LogP contribution in [0.4, 0.5) is 4.39 Å². The zero-order valence-corrected chi connectivity index (χ0v) is 12.7. The van der Waals surface area contributed by atoms with E-state index in [9.17, 15) is 17.6 Å². The third kappa shape index (κ3) is 2.74. The predicted octanol–water partition coefficient (Wildman–Crippen LogP) is 1.19. The van der Waals surface area contributed by atoms with Crippen LogP contribution in [0.25, 0.3) is 5.69 Å². The predicted molar refractivity (Wildman–Crippen MR) is 77.9 cm³/mol. The topological polar surface area (TPSA) is 81.1 Å². The first kappa shape index (κ1) is 14.7. The number of hydrogen-bond donors (Lipinski definition) is 1. The lowest BCUT2D eigenvalue weighted by molar-refractivity contribution is 0.0975. The number of fused-ring (bicyclic) bond motifs is 1. The number of amides is 1. The number of rotatable bonds is 3. The Hall–Kier alpha value is -2.22. The van der Waals surface area contributed by atoms with Crippen molar-refractivity contribution < 1.29 is 17.6 Å². The van der Waals surface area contributed by atoms with Gasteiger partial charge in [0, 0.05) is 11.3 Å². The number of carbonyl (C=O) groups is 1. The van der Waals surface area contributed by atoms with Crippen molar-refractivity contribution in [3.63, 3.8) is 0 Å². The zero-order chi connectivity index (χ0) is 15.9. The maximum absolute atomic E-state index is 13.0. The number of hydrogen-bond acceptors (Lipinski definition) is 4. The number of nitrogens with zero attached hydrogens (tertiary/aromatic N) is 2. The van der Waals surface area contributed by atoms with E-state index in [4.69, 9.17) is 0 Å². The molecule has 0 fully saturated rings. The first-order valence-electron chi connectivity index (χ1n) is 6.74. The first-order valence-corrected chi connectivity index (χ1v) is 8.63. The molecule has 22 heavy (non-hydrogen) atoms. The molecule has 0 saturated heterocycles. The number of nitrogens with one attached hydrogen (secondary N) is 1. The summed E-state index contributed by atoms with van der Waals surface area (Å²) in [6.07, 6.45) is 3.20. The van der Waals surface area contributed by atoms with Gasteiger partial charge in [-0.2, -0.15) is 5.10 Å². The summed E-state index contributed by atoms with van der Waals surface area (Å²) in [6, 6.07) is 5.77. The number of benzene rings is 1. The highest BCUT2D eigenvalue weighted by Gasteiger charge is 2.28. The molecule has 3 rings (SSSR count). The highest BCUT2D eigenvalue weighted by Crippen LogP contribution is 2.27. The van der Waals surface area contributed by atoms with Crippen LogP contribution in [0, 0.1) is 5.82 Å². The van der Waals surface area contributed by atoms with Crippen molar-refractivity contribution in [1.29, 1.82) is 0 Å². The van der Waals surface area contributed by atoms with Gasteiger partial charge in [0.25, 0.3) is 5.91 Å². The summed E-state index contributed by atoms with van der Waals surface area (Å²) in [5, 5.41) is 4.23. The van der Waals surface area contributed by atoms with Crippen LogP contribution in [0.5, 0.6) is 0 Å². The van der Waals surface area contributed by atoms with E-state index in [1.165, 1.54) is 12.1 Å². The van der Waals surface area contributed by atoms with Gasteiger partial charge in [0.15, 0.2) is 5.69 Å². The lowest BCUT2D eigenvalue weighted by Gasteiger charge is -2.05. The summed E-state index contributed by atoms with van der Waals surface area (Å²) >= 11 is 0. The Kier molecular flexibility index (Phi) is 3.48. The minimum absolute atomic E-state index is 0.113. The molecular weight excluding hydrogens is 309 g/mol. The highest BCUT2D eigenvalue weighted by atomic mass is 32.2. The molecule has 1 aliphatic rings. The van der Waals surface area contributed by atoms with Crippen molar-refractivity contribution in [3.8, 4) is 5.69 Å². The number of aromatic nitrogens is 2. The maximum atomic E-state index is 13.0. The quantitative estimate of drug-likeness (QED) is 0.920. The Labute approximate surface area is 127 Å². The van der Waals surface area contributed by atoms with Gasteiger partial charge >= 0.3 is 0 Å². The molecule has 8 heteroatoms. The van der Waals surface area contributed by atoms with Crippen molar-refractivity contribution in [2.75, 3.05) is 6.26 Å². The van der Waals surface area contributed by atoms with Gasteiger partial charge in [-0.3, -0.25) is 4.79 Å². The highest BCUT2D eigenvalue weighted by molar-refractivity contribution is 7.89. The maximum Gasteiger partial charge on any atom is 0.285 e. The number of carbonyl (C=O) groups excluding carboxylic acids is 1. The fourth-order valence-electron chi connectivity index (χ4n) is 2.63. The van der Waals surface area contributed by atoms with Crippen LogP contribution in [0.2, 0.25) is 0 Å². The molecule has 0 atom stereocenters. The zero-order valence-electron chi connectivity index (χ0n) is 11.8. The third-order valence-corrected chi connectivity index (χ3v) is 4.05. The van der Waals surface area contributed by atoms with Gasteiger partial charge in [0.05, 0.1) is 11.9 Å². The standard InChI is InChI=1S/C14H14FN3O3S/c1-22(20,21)17-14(19)13-11-3-2-4-12(11)18(16-13)10-7-5-9(15)6-8-10/h5-8H,2-4H2,1H3,(H,17,19). The minimum Gasteiger partial charge on any atom is -0.266 e. The van der Waals surface area contributed by atoms with E-state index >= 15 is 0 Å². The summed E-state index contributed by atoms with van der Waals surface area (Å²) < 4.78 is 39.0. The number of halogens is 1. The van der Waals surface area contributed by atoms with Crippen LogP contribution in [0.1, 0.15) is 28.2 Å². The Bertz CT molecular complexity index is 841. The second-order valence-electron chi connectivity index (χ2n) is 5.22. The lowest BCUT2D eigenvalue weighted by atomic mass is 10.2. The Balaban J connectivity index is 2.05. The summed E-state index contributed by atoms with van der Waals surface area (Å²) in [7, 11) is -3.65. The SMILES string of the molecule is CS(=O)(=O)NC(=O)c1nn(-c2ccc(F)cc2)c2c1CCC2. The molecule has 1 N–H and O–H groups in total. The van der Waals surface area contributed by atoms with E-state index in [2.05, 4.69) is 5.10 Å². The van der Waals surface area contributed by atoms with Crippen LogP contribution in [0.3, 0.4) is 0 Å². The summed E-state index contributed by atoms with van der Waals surface area (Å²) in [5.74, 6) is -1.09. The molecule has 0 bridgehead atoms. The van der Waals surface area contributed by atoms with E-state index in [0.717, 1.165) is 30.4 Å². The van der Waals surface area contributed by atoms with E-state index in [1.54, 1.807) is 16.8 Å². The second-order valence-corrected chi connectivity index (χ2v) is 6.97. The average Bonchev–Trinajstić information content (AvgIpc) is 2.99. The Morgan fingerprint density at radius 2 is 1.95 bits per heavy atom. The van der Waals surface area contributed by atoms with Gasteiger partial charge in [-0.15, -0.1) is 0 Å². The van der Waals surface area contributed by atoms with Crippen LogP contribution in [-0.2, 0) is 22.9 Å². The van der Waals surface area contributed by atoms with Crippen molar-refractivity contribution in [2.45, 2.75) is 19.3 Å². The Morgan fingerprint density at radius 3 is 2.59 bits per heavy atom. The fourth-order valence-corrected chi connectivity index (χ4v) is 3.07. The van der Waals surface area contributed by atoms with E-state index in [1.807, 2.05) is 4.72 Å². The molecule has 2 aromatic rings. The van der Waals surface area contributed by atoms with Crippen molar-refractivity contribution >= 4 is 15.9 Å². The first-order chi connectivity index (χ1) is 10.3. The van der Waals surface area contributed by atoms with E-state index in [-0.39, 0.29) is 11.5 Å². The molecule has 1 aromatic heterocycles. The van der Waals surface area contributed by atoms with Crippen LogP contribution < -0.4 is 4.72 Å². The average molecular weight is 323 g/mol. The van der Waals surface area contributed by atoms with Gasteiger partial charge in [-0.1, -0.05) is 0 Å². The molecule has 1 heterocycles. The second kappa shape index (κ2) is 5.20. The number of sulfonamides is 1. The van der Waals surface area contributed by atoms with Crippen LogP contribution in [-0.4, -0.2) is 30.4 Å². The normalized spacial score (nSPS) is 13.9. The molecule has 0 unspecified atom stereocenters. The molecule has 1 aliphatic carbocycles. The van der Waals surface area contributed by atoms with E-state index in [0.29, 0.717) is 12.1 Å². The van der Waals surface area contributed by atoms with Crippen LogP contribution in [0.15, 0.2) is 24.3 Å².